The highest BCUT2D eigenvalue weighted by molar-refractivity contribution is 5.28. The molecule has 1 N–H and O–H groups in total. The summed E-state index contributed by atoms with van der Waals surface area (Å²) in [5.74, 6) is 0.933. The van der Waals surface area contributed by atoms with E-state index in [9.17, 15) is 0 Å². The molecule has 0 saturated heterocycles. The Morgan fingerprint density at radius 2 is 2.11 bits per heavy atom. The van der Waals surface area contributed by atoms with Gasteiger partial charge in [-0.3, -0.25) is 4.90 Å². The van der Waals surface area contributed by atoms with E-state index in [2.05, 4.69) is 49.3 Å². The van der Waals surface area contributed by atoms with Gasteiger partial charge in [0.15, 0.2) is 0 Å². The van der Waals surface area contributed by atoms with E-state index in [0.717, 1.165) is 31.8 Å². The van der Waals surface area contributed by atoms with Crippen LogP contribution in [0, 0.1) is 0 Å². The predicted molar refractivity (Wildman–Crippen MR) is 81.7 cm³/mol. The molecule has 1 rings (SSSR count). The van der Waals surface area contributed by atoms with Gasteiger partial charge >= 0.3 is 0 Å². The lowest BCUT2D eigenvalue weighted by Crippen LogP contribution is -2.39. The van der Waals surface area contributed by atoms with Crippen LogP contribution in [0.25, 0.3) is 0 Å². The molecule has 0 fully saturated rings. The number of rotatable bonds is 9. The third kappa shape index (κ3) is 5.62. The molecule has 0 heterocycles. The van der Waals surface area contributed by atoms with Crippen LogP contribution >= 0.6 is 0 Å². The first-order valence-corrected chi connectivity index (χ1v) is 7.25. The van der Waals surface area contributed by atoms with E-state index in [1.165, 1.54) is 12.0 Å². The maximum absolute atomic E-state index is 5.27. The highest BCUT2D eigenvalue weighted by Crippen LogP contribution is 2.15. The Kier molecular flexibility index (Phi) is 7.53. The van der Waals surface area contributed by atoms with Crippen LogP contribution in [-0.2, 0) is 6.54 Å². The number of hydrogen-bond donors (Lipinski definition) is 1. The normalized spacial score (nSPS) is 12.7. The van der Waals surface area contributed by atoms with E-state index in [4.69, 9.17) is 4.74 Å². The molecule has 1 atom stereocenters. The van der Waals surface area contributed by atoms with Crippen molar-refractivity contribution in [3.05, 3.63) is 29.8 Å². The van der Waals surface area contributed by atoms with E-state index < -0.39 is 0 Å². The number of ether oxygens (including phenoxy) is 1. The number of hydrogen-bond acceptors (Lipinski definition) is 3. The van der Waals surface area contributed by atoms with Crippen LogP contribution in [0.3, 0.4) is 0 Å². The molecule has 0 amide bonds. The number of methoxy groups -OCH3 is 1. The predicted octanol–water partition coefficient (Wildman–Crippen LogP) is 2.91. The van der Waals surface area contributed by atoms with Crippen molar-refractivity contribution in [2.24, 2.45) is 0 Å². The monoisotopic (exact) mass is 264 g/mol. The van der Waals surface area contributed by atoms with Crippen LogP contribution in [0.1, 0.15) is 32.3 Å². The molecule has 19 heavy (non-hydrogen) atoms. The van der Waals surface area contributed by atoms with Crippen molar-refractivity contribution in [1.82, 2.24) is 10.2 Å². The highest BCUT2D eigenvalue weighted by atomic mass is 16.5. The molecule has 0 spiro atoms. The molecule has 0 aliphatic rings. The third-order valence-corrected chi connectivity index (χ3v) is 3.47. The Morgan fingerprint density at radius 1 is 1.32 bits per heavy atom. The minimum atomic E-state index is 0.581. The number of nitrogens with one attached hydrogen (secondary N) is 1. The summed E-state index contributed by atoms with van der Waals surface area (Å²) in [4.78, 5) is 2.41. The van der Waals surface area contributed by atoms with Crippen molar-refractivity contribution in [2.45, 2.75) is 39.3 Å². The van der Waals surface area contributed by atoms with Crippen LogP contribution < -0.4 is 10.1 Å². The van der Waals surface area contributed by atoms with E-state index in [0.29, 0.717) is 6.04 Å². The molecular formula is C16H28N2O. The molecule has 1 unspecified atom stereocenters. The Hall–Kier alpha value is -1.06. The summed E-state index contributed by atoms with van der Waals surface area (Å²) in [5, 5.41) is 3.51. The van der Waals surface area contributed by atoms with Crippen molar-refractivity contribution >= 4 is 0 Å². The SMILES string of the molecule is CCCNCC(CC)N(C)Cc1cccc(OC)c1. The van der Waals surface area contributed by atoms with Gasteiger partial charge in [-0.15, -0.1) is 0 Å². The molecule has 0 radical (unpaired) electrons. The van der Waals surface area contributed by atoms with Gasteiger partial charge in [0.25, 0.3) is 0 Å². The lowest BCUT2D eigenvalue weighted by atomic mass is 10.1. The van der Waals surface area contributed by atoms with E-state index >= 15 is 0 Å². The second-order valence-electron chi connectivity index (χ2n) is 5.03. The van der Waals surface area contributed by atoms with Gasteiger partial charge in [-0.1, -0.05) is 26.0 Å². The van der Waals surface area contributed by atoms with Crippen LogP contribution in [0.4, 0.5) is 0 Å². The number of likely N-dealkylation sites (N-methyl/N-ethyl adjacent to an activating group) is 1. The van der Waals surface area contributed by atoms with Gasteiger partial charge in [0, 0.05) is 19.1 Å². The molecule has 0 aromatic heterocycles. The van der Waals surface area contributed by atoms with Gasteiger partial charge in [-0.05, 0) is 44.1 Å². The van der Waals surface area contributed by atoms with Crippen molar-refractivity contribution in [2.75, 3.05) is 27.2 Å². The number of nitrogens with zero attached hydrogens (tertiary/aromatic N) is 1. The average Bonchev–Trinajstić information content (AvgIpc) is 2.43. The van der Waals surface area contributed by atoms with Crippen LogP contribution in [-0.4, -0.2) is 38.2 Å². The van der Waals surface area contributed by atoms with Gasteiger partial charge in [0.1, 0.15) is 5.75 Å². The van der Waals surface area contributed by atoms with E-state index in [1.54, 1.807) is 7.11 Å². The fraction of sp³-hybridized carbons (Fsp3) is 0.625. The molecule has 3 nitrogen and oxygen atoms in total. The molecule has 0 saturated carbocycles. The topological polar surface area (TPSA) is 24.5 Å². The second kappa shape index (κ2) is 8.94. The summed E-state index contributed by atoms with van der Waals surface area (Å²) in [6.45, 7) is 7.58. The van der Waals surface area contributed by atoms with Crippen molar-refractivity contribution in [3.63, 3.8) is 0 Å². The van der Waals surface area contributed by atoms with Gasteiger partial charge < -0.3 is 10.1 Å². The highest BCUT2D eigenvalue weighted by Gasteiger charge is 2.12. The molecule has 1 aromatic carbocycles. The fourth-order valence-electron chi connectivity index (χ4n) is 2.25. The van der Waals surface area contributed by atoms with Crippen LogP contribution in [0.15, 0.2) is 24.3 Å². The summed E-state index contributed by atoms with van der Waals surface area (Å²) < 4.78 is 5.27. The fourth-order valence-corrected chi connectivity index (χ4v) is 2.25. The van der Waals surface area contributed by atoms with Gasteiger partial charge in [0.05, 0.1) is 7.11 Å². The maximum Gasteiger partial charge on any atom is 0.119 e. The Labute approximate surface area is 118 Å². The van der Waals surface area contributed by atoms with Gasteiger partial charge in [-0.2, -0.15) is 0 Å². The van der Waals surface area contributed by atoms with Gasteiger partial charge in [-0.25, -0.2) is 0 Å². The Balaban J connectivity index is 2.52. The first-order valence-electron chi connectivity index (χ1n) is 7.25. The lowest BCUT2D eigenvalue weighted by Gasteiger charge is -2.27. The average molecular weight is 264 g/mol. The van der Waals surface area contributed by atoms with Crippen molar-refractivity contribution in [3.8, 4) is 5.75 Å². The number of benzene rings is 1. The first kappa shape index (κ1) is 16.0. The summed E-state index contributed by atoms with van der Waals surface area (Å²) >= 11 is 0. The second-order valence-corrected chi connectivity index (χ2v) is 5.03. The smallest absolute Gasteiger partial charge is 0.119 e. The molecule has 0 aliphatic heterocycles. The molecule has 0 aliphatic carbocycles. The minimum absolute atomic E-state index is 0.581. The zero-order valence-electron chi connectivity index (χ0n) is 12.8. The summed E-state index contributed by atoms with van der Waals surface area (Å²) in [6, 6.07) is 8.90. The molecular weight excluding hydrogens is 236 g/mol. The molecule has 0 bridgehead atoms. The van der Waals surface area contributed by atoms with Crippen LogP contribution in [0.5, 0.6) is 5.75 Å². The largest absolute Gasteiger partial charge is 0.497 e. The summed E-state index contributed by atoms with van der Waals surface area (Å²) in [5.41, 5.74) is 1.30. The van der Waals surface area contributed by atoms with E-state index in [1.807, 2.05) is 6.07 Å². The minimum Gasteiger partial charge on any atom is -0.497 e. The zero-order valence-corrected chi connectivity index (χ0v) is 12.8. The zero-order chi connectivity index (χ0) is 14.1. The third-order valence-electron chi connectivity index (χ3n) is 3.47. The maximum atomic E-state index is 5.27. The standard InChI is InChI=1S/C16H28N2O/c1-5-10-17-12-15(6-2)18(3)13-14-8-7-9-16(11-14)19-4/h7-9,11,15,17H,5-6,10,12-13H2,1-4H3. The summed E-state index contributed by atoms with van der Waals surface area (Å²) in [7, 11) is 3.91. The Morgan fingerprint density at radius 3 is 2.74 bits per heavy atom. The van der Waals surface area contributed by atoms with Crippen molar-refractivity contribution in [1.29, 1.82) is 0 Å². The van der Waals surface area contributed by atoms with Crippen LogP contribution in [0.2, 0.25) is 0 Å². The van der Waals surface area contributed by atoms with Gasteiger partial charge in [0.2, 0.25) is 0 Å². The lowest BCUT2D eigenvalue weighted by molar-refractivity contribution is 0.221. The quantitative estimate of drug-likeness (QED) is 0.694. The molecule has 108 valence electrons. The van der Waals surface area contributed by atoms with Crippen molar-refractivity contribution < 1.29 is 4.74 Å². The Bertz CT molecular complexity index is 354. The molecule has 3 heteroatoms. The first-order chi connectivity index (χ1) is 9.21. The summed E-state index contributed by atoms with van der Waals surface area (Å²) in [6.07, 6.45) is 2.35. The molecule has 1 aromatic rings. The van der Waals surface area contributed by atoms with E-state index in [-0.39, 0.29) is 0 Å².